The van der Waals surface area contributed by atoms with Crippen LogP contribution in [0.2, 0.25) is 0 Å². The van der Waals surface area contributed by atoms with E-state index in [4.69, 9.17) is 4.74 Å². The lowest BCUT2D eigenvalue weighted by molar-refractivity contribution is -0.122. The summed E-state index contributed by atoms with van der Waals surface area (Å²) >= 11 is 2.96. The fourth-order valence-corrected chi connectivity index (χ4v) is 3.80. The average Bonchev–Trinajstić information content (AvgIpc) is 3.02. The van der Waals surface area contributed by atoms with E-state index in [1.807, 2.05) is 49.4 Å². The molecule has 0 unspecified atom stereocenters. The van der Waals surface area contributed by atoms with E-state index in [0.29, 0.717) is 10.9 Å². The van der Waals surface area contributed by atoms with Crippen molar-refractivity contribution in [2.24, 2.45) is 0 Å². The van der Waals surface area contributed by atoms with Crippen molar-refractivity contribution >= 4 is 44.9 Å². The third-order valence-electron chi connectivity index (χ3n) is 3.31. The quantitative estimate of drug-likeness (QED) is 0.528. The first-order valence-electron chi connectivity index (χ1n) is 7.58. The van der Waals surface area contributed by atoms with Gasteiger partial charge in [-0.1, -0.05) is 60.4 Å². The van der Waals surface area contributed by atoms with E-state index in [9.17, 15) is 4.79 Å². The van der Waals surface area contributed by atoms with E-state index in [0.717, 1.165) is 20.9 Å². The standard InChI is InChI=1S/C17H17N3O2S2/c1-3-23-17-20-19-16(24-17)18-15(21)11(2)22-14-9-8-12-6-4-5-7-13(12)10-14/h4-11H,3H2,1-2H3,(H,18,19,21)/t11-/m1/s1. The molecule has 0 aliphatic heterocycles. The number of carbonyl (C=O) groups is 1. The minimum atomic E-state index is -0.627. The van der Waals surface area contributed by atoms with Gasteiger partial charge in [-0.3, -0.25) is 10.1 Å². The van der Waals surface area contributed by atoms with E-state index >= 15 is 0 Å². The van der Waals surface area contributed by atoms with Gasteiger partial charge in [0.1, 0.15) is 5.75 Å². The van der Waals surface area contributed by atoms with Crippen LogP contribution in [0, 0.1) is 0 Å². The molecular formula is C17H17N3O2S2. The summed E-state index contributed by atoms with van der Waals surface area (Å²) in [6, 6.07) is 13.8. The first kappa shape index (κ1) is 16.7. The number of fused-ring (bicyclic) bond motifs is 1. The zero-order chi connectivity index (χ0) is 16.9. The van der Waals surface area contributed by atoms with Gasteiger partial charge in [0.15, 0.2) is 10.4 Å². The number of hydrogen-bond acceptors (Lipinski definition) is 6. The van der Waals surface area contributed by atoms with Crippen molar-refractivity contribution in [3.8, 4) is 5.75 Å². The summed E-state index contributed by atoms with van der Waals surface area (Å²) in [6.45, 7) is 3.76. The number of ether oxygens (including phenoxy) is 1. The fraction of sp³-hybridized carbons (Fsp3) is 0.235. The molecule has 0 bridgehead atoms. The average molecular weight is 359 g/mol. The van der Waals surface area contributed by atoms with Crippen molar-refractivity contribution in [1.82, 2.24) is 10.2 Å². The van der Waals surface area contributed by atoms with Gasteiger partial charge >= 0.3 is 0 Å². The van der Waals surface area contributed by atoms with Gasteiger partial charge in [-0.05, 0) is 35.6 Å². The summed E-state index contributed by atoms with van der Waals surface area (Å²) in [5.74, 6) is 1.34. The predicted octanol–water partition coefficient (Wildman–Crippen LogP) is 4.21. The highest BCUT2D eigenvalue weighted by molar-refractivity contribution is 8.01. The second kappa shape index (κ2) is 7.63. The Kier molecular flexibility index (Phi) is 5.32. The van der Waals surface area contributed by atoms with Crippen LogP contribution >= 0.6 is 23.1 Å². The van der Waals surface area contributed by atoms with Crippen molar-refractivity contribution in [3.63, 3.8) is 0 Å². The van der Waals surface area contributed by atoms with Crippen molar-refractivity contribution in [2.75, 3.05) is 11.1 Å². The number of nitrogens with one attached hydrogen (secondary N) is 1. The van der Waals surface area contributed by atoms with E-state index in [2.05, 4.69) is 15.5 Å². The van der Waals surface area contributed by atoms with Crippen LogP contribution < -0.4 is 10.1 Å². The number of thioether (sulfide) groups is 1. The Balaban J connectivity index is 1.63. The van der Waals surface area contributed by atoms with Crippen molar-refractivity contribution in [3.05, 3.63) is 42.5 Å². The van der Waals surface area contributed by atoms with Crippen LogP contribution in [-0.4, -0.2) is 28.0 Å². The Labute approximate surface area is 148 Å². The van der Waals surface area contributed by atoms with Crippen molar-refractivity contribution in [2.45, 2.75) is 24.3 Å². The molecule has 1 atom stereocenters. The van der Waals surface area contributed by atoms with Gasteiger partial charge in [-0.15, -0.1) is 10.2 Å². The van der Waals surface area contributed by atoms with Crippen LogP contribution in [-0.2, 0) is 4.79 Å². The molecule has 3 aromatic rings. The van der Waals surface area contributed by atoms with Gasteiger partial charge in [-0.2, -0.15) is 0 Å². The van der Waals surface area contributed by atoms with Crippen LogP contribution in [0.3, 0.4) is 0 Å². The molecule has 0 fully saturated rings. The van der Waals surface area contributed by atoms with Crippen molar-refractivity contribution < 1.29 is 9.53 Å². The number of anilines is 1. The summed E-state index contributed by atoms with van der Waals surface area (Å²) in [5, 5.41) is 13.4. The van der Waals surface area contributed by atoms with Crippen LogP contribution in [0.4, 0.5) is 5.13 Å². The highest BCUT2D eigenvalue weighted by atomic mass is 32.2. The normalized spacial score (nSPS) is 12.1. The maximum absolute atomic E-state index is 12.2. The molecule has 3 rings (SSSR count). The summed E-state index contributed by atoms with van der Waals surface area (Å²) in [4.78, 5) is 12.2. The molecule has 0 saturated carbocycles. The molecule has 0 saturated heterocycles. The van der Waals surface area contributed by atoms with Crippen LogP contribution in [0.5, 0.6) is 5.75 Å². The van der Waals surface area contributed by atoms with Gasteiger partial charge in [0, 0.05) is 0 Å². The lowest BCUT2D eigenvalue weighted by Gasteiger charge is -2.14. The molecule has 124 valence electrons. The molecule has 7 heteroatoms. The highest BCUT2D eigenvalue weighted by Crippen LogP contribution is 2.25. The molecule has 24 heavy (non-hydrogen) atoms. The van der Waals surface area contributed by atoms with E-state index in [-0.39, 0.29) is 5.91 Å². The number of carbonyl (C=O) groups excluding carboxylic acids is 1. The molecule has 0 spiro atoms. The number of hydrogen-bond donors (Lipinski definition) is 1. The van der Waals surface area contributed by atoms with Crippen LogP contribution in [0.15, 0.2) is 46.8 Å². The third kappa shape index (κ3) is 4.04. The van der Waals surface area contributed by atoms with Crippen LogP contribution in [0.25, 0.3) is 10.8 Å². The highest BCUT2D eigenvalue weighted by Gasteiger charge is 2.17. The van der Waals surface area contributed by atoms with Crippen LogP contribution in [0.1, 0.15) is 13.8 Å². The summed E-state index contributed by atoms with van der Waals surface area (Å²) in [6.07, 6.45) is -0.627. The molecule has 0 radical (unpaired) electrons. The first-order valence-corrected chi connectivity index (χ1v) is 9.38. The largest absolute Gasteiger partial charge is 0.481 e. The van der Waals surface area contributed by atoms with E-state index in [1.165, 1.54) is 11.3 Å². The minimum absolute atomic E-state index is 0.243. The van der Waals surface area contributed by atoms with Gasteiger partial charge in [0.2, 0.25) is 5.13 Å². The second-order valence-electron chi connectivity index (χ2n) is 5.06. The SMILES string of the molecule is CCSc1nnc(NC(=O)[C@@H](C)Oc2ccc3ccccc3c2)s1. The summed E-state index contributed by atoms with van der Waals surface area (Å²) < 4.78 is 6.59. The van der Waals surface area contributed by atoms with Gasteiger partial charge < -0.3 is 4.74 Å². The maximum Gasteiger partial charge on any atom is 0.266 e. The molecule has 1 aromatic heterocycles. The Morgan fingerprint density at radius 2 is 2.04 bits per heavy atom. The Bertz CT molecular complexity index is 850. The molecule has 0 aliphatic rings. The minimum Gasteiger partial charge on any atom is -0.481 e. The molecular weight excluding hydrogens is 342 g/mol. The Morgan fingerprint density at radius 3 is 2.83 bits per heavy atom. The fourth-order valence-electron chi connectivity index (χ4n) is 2.15. The first-order chi connectivity index (χ1) is 11.7. The number of benzene rings is 2. The monoisotopic (exact) mass is 359 g/mol. The van der Waals surface area contributed by atoms with Gasteiger partial charge in [-0.25, -0.2) is 0 Å². The third-order valence-corrected chi connectivity index (χ3v) is 5.16. The van der Waals surface area contributed by atoms with Gasteiger partial charge in [0.25, 0.3) is 5.91 Å². The smallest absolute Gasteiger partial charge is 0.266 e. The molecule has 1 N–H and O–H groups in total. The Hall–Kier alpha value is -2.12. The number of amides is 1. The predicted molar refractivity (Wildman–Crippen MR) is 99.0 cm³/mol. The van der Waals surface area contributed by atoms with E-state index < -0.39 is 6.10 Å². The Morgan fingerprint density at radius 1 is 1.25 bits per heavy atom. The zero-order valence-corrected chi connectivity index (χ0v) is 15.0. The topological polar surface area (TPSA) is 64.1 Å². The van der Waals surface area contributed by atoms with E-state index in [1.54, 1.807) is 18.7 Å². The zero-order valence-electron chi connectivity index (χ0n) is 13.4. The number of rotatable bonds is 6. The van der Waals surface area contributed by atoms with Crippen molar-refractivity contribution in [1.29, 1.82) is 0 Å². The second-order valence-corrected chi connectivity index (χ2v) is 7.55. The maximum atomic E-state index is 12.2. The summed E-state index contributed by atoms with van der Waals surface area (Å²) in [5.41, 5.74) is 0. The lowest BCUT2D eigenvalue weighted by Crippen LogP contribution is -2.30. The van der Waals surface area contributed by atoms with Gasteiger partial charge in [0.05, 0.1) is 0 Å². The lowest BCUT2D eigenvalue weighted by atomic mass is 10.1. The molecule has 1 amide bonds. The molecule has 2 aromatic carbocycles. The molecule has 0 aliphatic carbocycles. The number of aromatic nitrogens is 2. The summed E-state index contributed by atoms with van der Waals surface area (Å²) in [7, 11) is 0. The molecule has 5 nitrogen and oxygen atoms in total. The molecule has 1 heterocycles. The number of nitrogens with zero attached hydrogens (tertiary/aromatic N) is 2.